The number of rotatable bonds is 2. The summed E-state index contributed by atoms with van der Waals surface area (Å²) in [5.41, 5.74) is 1.69. The van der Waals surface area contributed by atoms with Crippen LogP contribution in [0.25, 0.3) is 0 Å². The van der Waals surface area contributed by atoms with Gasteiger partial charge in [0.1, 0.15) is 5.69 Å². The molecule has 0 radical (unpaired) electrons. The van der Waals surface area contributed by atoms with Gasteiger partial charge in [-0.25, -0.2) is 0 Å². The summed E-state index contributed by atoms with van der Waals surface area (Å²) in [6.07, 6.45) is 0. The molecule has 0 aromatic carbocycles. The molecule has 0 saturated carbocycles. The first kappa shape index (κ1) is 9.03. The van der Waals surface area contributed by atoms with E-state index in [4.69, 9.17) is 0 Å². The van der Waals surface area contributed by atoms with Crippen molar-refractivity contribution in [3.8, 4) is 0 Å². The van der Waals surface area contributed by atoms with Crippen LogP contribution >= 0.6 is 0 Å². The Hall–Kier alpha value is -1.06. The van der Waals surface area contributed by atoms with Crippen LogP contribution in [0.15, 0.2) is 0 Å². The van der Waals surface area contributed by atoms with Crippen LogP contribution in [0.2, 0.25) is 0 Å². The number of nitrogens with zero attached hydrogens (tertiary/aromatic N) is 3. The van der Waals surface area contributed by atoms with Gasteiger partial charge in [-0.2, -0.15) is 0 Å². The molecule has 1 aromatic heterocycles. The molecule has 68 valence electrons. The minimum Gasteiger partial charge on any atom is -0.410 e. The zero-order valence-electron chi connectivity index (χ0n) is 7.94. The monoisotopic (exact) mass is 169 g/mol. The molecule has 0 aliphatic heterocycles. The summed E-state index contributed by atoms with van der Waals surface area (Å²) in [5, 5.41) is 16.8. The molecule has 0 unspecified atom stereocenters. The highest BCUT2D eigenvalue weighted by Crippen LogP contribution is 2.22. The molecule has 12 heavy (non-hydrogen) atoms. The van der Waals surface area contributed by atoms with Gasteiger partial charge in [0.05, 0.1) is 5.69 Å². The Bertz CT molecular complexity index is 265. The van der Waals surface area contributed by atoms with Gasteiger partial charge < -0.3 is 5.21 Å². The molecule has 1 aromatic rings. The Morgan fingerprint density at radius 2 is 1.75 bits per heavy atom. The van der Waals surface area contributed by atoms with Crippen molar-refractivity contribution in [1.82, 2.24) is 15.2 Å². The Morgan fingerprint density at radius 3 is 2.08 bits per heavy atom. The van der Waals surface area contributed by atoms with E-state index in [0.29, 0.717) is 5.92 Å². The van der Waals surface area contributed by atoms with Crippen molar-refractivity contribution in [2.45, 2.75) is 39.5 Å². The van der Waals surface area contributed by atoms with E-state index in [1.807, 2.05) is 27.7 Å². The average Bonchev–Trinajstić information content (AvgIpc) is 2.30. The quantitative estimate of drug-likeness (QED) is 0.686. The van der Waals surface area contributed by atoms with Crippen LogP contribution in [-0.2, 0) is 0 Å². The molecule has 1 N–H and O–H groups in total. The van der Waals surface area contributed by atoms with Gasteiger partial charge in [0.15, 0.2) is 0 Å². The van der Waals surface area contributed by atoms with Crippen molar-refractivity contribution >= 4 is 0 Å². The first-order chi connectivity index (χ1) is 5.54. The molecule has 0 amide bonds. The van der Waals surface area contributed by atoms with Crippen LogP contribution in [-0.4, -0.2) is 20.4 Å². The van der Waals surface area contributed by atoms with E-state index >= 15 is 0 Å². The molecule has 4 nitrogen and oxygen atoms in total. The highest BCUT2D eigenvalue weighted by Gasteiger charge is 2.17. The van der Waals surface area contributed by atoms with E-state index in [-0.39, 0.29) is 5.92 Å². The van der Waals surface area contributed by atoms with Gasteiger partial charge in [0, 0.05) is 5.92 Å². The molecule has 0 spiro atoms. The zero-order valence-corrected chi connectivity index (χ0v) is 7.94. The van der Waals surface area contributed by atoms with Gasteiger partial charge in [-0.05, 0) is 11.1 Å². The molecule has 0 fully saturated rings. The lowest BCUT2D eigenvalue weighted by Crippen LogP contribution is -2.04. The van der Waals surface area contributed by atoms with Gasteiger partial charge in [0.2, 0.25) is 0 Å². The highest BCUT2D eigenvalue weighted by atomic mass is 16.5. The molecular formula is C8H15N3O. The number of hydrogen-bond acceptors (Lipinski definition) is 3. The minimum absolute atomic E-state index is 0.252. The largest absolute Gasteiger partial charge is 0.410 e. The predicted molar refractivity (Wildman–Crippen MR) is 45.4 cm³/mol. The minimum atomic E-state index is 0.252. The maximum atomic E-state index is 9.29. The summed E-state index contributed by atoms with van der Waals surface area (Å²) in [5.74, 6) is 0.561. The van der Waals surface area contributed by atoms with Crippen molar-refractivity contribution in [3.63, 3.8) is 0 Å². The summed E-state index contributed by atoms with van der Waals surface area (Å²) < 4.78 is 0. The van der Waals surface area contributed by atoms with E-state index in [1.54, 1.807) is 0 Å². The molecular weight excluding hydrogens is 154 g/mol. The van der Waals surface area contributed by atoms with Gasteiger partial charge in [0.25, 0.3) is 0 Å². The Morgan fingerprint density at radius 1 is 1.17 bits per heavy atom. The lowest BCUT2D eigenvalue weighted by Gasteiger charge is -2.07. The highest BCUT2D eigenvalue weighted by molar-refractivity contribution is 5.16. The van der Waals surface area contributed by atoms with Crippen molar-refractivity contribution in [2.24, 2.45) is 0 Å². The molecule has 1 rings (SSSR count). The normalized spacial score (nSPS) is 11.5. The molecule has 1 heterocycles. The third kappa shape index (κ3) is 1.42. The Labute approximate surface area is 72.2 Å². The van der Waals surface area contributed by atoms with Crippen molar-refractivity contribution in [1.29, 1.82) is 0 Å². The van der Waals surface area contributed by atoms with E-state index < -0.39 is 0 Å². The van der Waals surface area contributed by atoms with Crippen LogP contribution in [0.4, 0.5) is 0 Å². The summed E-state index contributed by atoms with van der Waals surface area (Å²) >= 11 is 0. The predicted octanol–water partition coefficient (Wildman–Crippen LogP) is 1.76. The van der Waals surface area contributed by atoms with Crippen LogP contribution in [0.3, 0.4) is 0 Å². The smallest absolute Gasteiger partial charge is 0.106 e. The molecule has 0 saturated heterocycles. The summed E-state index contributed by atoms with van der Waals surface area (Å²) in [6.45, 7) is 8.10. The first-order valence-corrected chi connectivity index (χ1v) is 4.18. The van der Waals surface area contributed by atoms with Gasteiger partial charge in [-0.3, -0.25) is 0 Å². The molecule has 0 aliphatic rings. The maximum absolute atomic E-state index is 9.29. The molecule has 0 bridgehead atoms. The van der Waals surface area contributed by atoms with Crippen LogP contribution in [0.1, 0.15) is 50.9 Å². The van der Waals surface area contributed by atoms with E-state index in [0.717, 1.165) is 16.2 Å². The molecule has 0 atom stereocenters. The van der Waals surface area contributed by atoms with Crippen molar-refractivity contribution in [3.05, 3.63) is 11.4 Å². The van der Waals surface area contributed by atoms with Crippen LogP contribution < -0.4 is 0 Å². The summed E-state index contributed by atoms with van der Waals surface area (Å²) in [7, 11) is 0. The second-order valence-corrected chi connectivity index (χ2v) is 3.56. The lowest BCUT2D eigenvalue weighted by molar-refractivity contribution is 0.132. The van der Waals surface area contributed by atoms with Gasteiger partial charge >= 0.3 is 0 Å². The summed E-state index contributed by atoms with van der Waals surface area (Å²) in [6, 6.07) is 0. The fourth-order valence-corrected chi connectivity index (χ4v) is 1.23. The second kappa shape index (κ2) is 3.13. The fraction of sp³-hybridized carbons (Fsp3) is 0.750. The van der Waals surface area contributed by atoms with E-state index in [1.165, 1.54) is 0 Å². The van der Waals surface area contributed by atoms with Crippen LogP contribution in [0, 0.1) is 0 Å². The Kier molecular flexibility index (Phi) is 2.35. The summed E-state index contributed by atoms with van der Waals surface area (Å²) in [4.78, 5) is 0.875. The topological polar surface area (TPSA) is 50.9 Å². The SMILES string of the molecule is CC(C)c1nnn(O)c1C(C)C. The van der Waals surface area contributed by atoms with E-state index in [2.05, 4.69) is 10.3 Å². The average molecular weight is 169 g/mol. The van der Waals surface area contributed by atoms with E-state index in [9.17, 15) is 5.21 Å². The number of aromatic nitrogens is 3. The third-order valence-corrected chi connectivity index (χ3v) is 1.81. The number of hydrogen-bond donors (Lipinski definition) is 1. The molecule has 0 aliphatic carbocycles. The lowest BCUT2D eigenvalue weighted by atomic mass is 10.0. The standard InChI is InChI=1S/C8H15N3O/c1-5(2)7-8(6(3)4)11(12)10-9-7/h5-6,12H,1-4H3. The van der Waals surface area contributed by atoms with Crippen molar-refractivity contribution in [2.75, 3.05) is 0 Å². The van der Waals surface area contributed by atoms with Gasteiger partial charge in [-0.1, -0.05) is 32.5 Å². The van der Waals surface area contributed by atoms with Gasteiger partial charge in [-0.15, -0.1) is 5.10 Å². The fourth-order valence-electron chi connectivity index (χ4n) is 1.23. The van der Waals surface area contributed by atoms with Crippen molar-refractivity contribution < 1.29 is 5.21 Å². The third-order valence-electron chi connectivity index (χ3n) is 1.81. The maximum Gasteiger partial charge on any atom is 0.106 e. The molecule has 4 heteroatoms. The Balaban J connectivity index is 3.12. The zero-order chi connectivity index (χ0) is 9.30. The van der Waals surface area contributed by atoms with Crippen LogP contribution in [0.5, 0.6) is 0 Å². The first-order valence-electron chi connectivity index (χ1n) is 4.18. The second-order valence-electron chi connectivity index (χ2n) is 3.56.